The van der Waals surface area contributed by atoms with Crippen molar-refractivity contribution in [1.29, 1.82) is 0 Å². The quantitative estimate of drug-likeness (QED) is 0.566. The van der Waals surface area contributed by atoms with Gasteiger partial charge in [0.2, 0.25) is 0 Å². The summed E-state index contributed by atoms with van der Waals surface area (Å²) in [5.74, 6) is 3.56. The zero-order valence-corrected chi connectivity index (χ0v) is 5.46. The molecule has 0 aromatic carbocycles. The highest BCUT2D eigenvalue weighted by Gasteiger charge is 2.45. The Hall–Kier alpha value is -1.30. The molecule has 0 saturated heterocycles. The number of nitrogens with zero attached hydrogens (tertiary/aromatic N) is 2. The first-order valence-corrected chi connectivity index (χ1v) is 3.21. The van der Waals surface area contributed by atoms with Crippen LogP contribution < -0.4 is 0 Å². The number of H-pyrrole nitrogens is 1. The number of hydrogen-bond acceptors (Lipinski definition) is 2. The average molecular weight is 133 g/mol. The molecule has 1 aromatic rings. The zero-order chi connectivity index (χ0) is 7.03. The molecule has 3 nitrogen and oxygen atoms in total. The third-order valence-corrected chi connectivity index (χ3v) is 1.89. The molecule has 0 amide bonds. The second-order valence-corrected chi connectivity index (χ2v) is 2.56. The maximum Gasteiger partial charge on any atom is 0.142 e. The highest BCUT2D eigenvalue weighted by atomic mass is 15.2. The lowest BCUT2D eigenvalue weighted by Gasteiger charge is -1.98. The molecule has 1 fully saturated rings. The molecule has 0 spiro atoms. The monoisotopic (exact) mass is 133 g/mol. The Morgan fingerprint density at radius 1 is 1.70 bits per heavy atom. The molecule has 0 unspecified atom stereocenters. The van der Waals surface area contributed by atoms with Crippen molar-refractivity contribution >= 4 is 0 Å². The molecule has 0 aliphatic heterocycles. The topological polar surface area (TPSA) is 41.6 Å². The molecule has 1 N–H and O–H groups in total. The fraction of sp³-hybridized carbons (Fsp3) is 0.429. The van der Waals surface area contributed by atoms with Crippen LogP contribution in [0.25, 0.3) is 0 Å². The van der Waals surface area contributed by atoms with Crippen molar-refractivity contribution in [2.24, 2.45) is 0 Å². The number of terminal acetylenes is 1. The van der Waals surface area contributed by atoms with E-state index in [1.54, 1.807) is 0 Å². The first kappa shape index (κ1) is 5.48. The molecule has 2 rings (SSSR count). The van der Waals surface area contributed by atoms with E-state index in [-0.39, 0.29) is 5.41 Å². The maximum absolute atomic E-state index is 5.32. The van der Waals surface area contributed by atoms with Crippen molar-refractivity contribution in [1.82, 2.24) is 15.2 Å². The third kappa shape index (κ3) is 0.561. The van der Waals surface area contributed by atoms with E-state index in [1.807, 2.05) is 0 Å². The van der Waals surface area contributed by atoms with Gasteiger partial charge in [-0.3, -0.25) is 5.10 Å². The Balaban J connectivity index is 2.38. The second-order valence-electron chi connectivity index (χ2n) is 2.56. The summed E-state index contributed by atoms with van der Waals surface area (Å²) in [6.45, 7) is 0. The van der Waals surface area contributed by atoms with Crippen LogP contribution in [0, 0.1) is 12.3 Å². The Labute approximate surface area is 58.9 Å². The molecule has 0 radical (unpaired) electrons. The highest BCUT2D eigenvalue weighted by Crippen LogP contribution is 2.45. The number of hydrogen-bond donors (Lipinski definition) is 1. The van der Waals surface area contributed by atoms with Gasteiger partial charge < -0.3 is 0 Å². The number of aromatic amines is 1. The predicted octanol–water partition coefficient (Wildman–Crippen LogP) is 0.469. The minimum absolute atomic E-state index is 0.0868. The average Bonchev–Trinajstić information content (AvgIpc) is 2.58. The van der Waals surface area contributed by atoms with Crippen LogP contribution in [0.15, 0.2) is 6.33 Å². The van der Waals surface area contributed by atoms with E-state index in [0.29, 0.717) is 0 Å². The van der Waals surface area contributed by atoms with Gasteiger partial charge in [0.15, 0.2) is 0 Å². The standard InChI is InChI=1S/C7H7N3/c1-2-7(3-4-7)6-8-5-9-10-6/h1,5H,3-4H2,(H,8,9,10). The van der Waals surface area contributed by atoms with E-state index in [1.165, 1.54) is 6.33 Å². The molecular weight excluding hydrogens is 126 g/mol. The first-order chi connectivity index (χ1) is 4.87. The van der Waals surface area contributed by atoms with Crippen LogP contribution in [-0.2, 0) is 5.41 Å². The van der Waals surface area contributed by atoms with Crippen molar-refractivity contribution in [3.05, 3.63) is 12.2 Å². The molecule has 1 heterocycles. The number of rotatable bonds is 1. The second kappa shape index (κ2) is 1.60. The number of aromatic nitrogens is 3. The van der Waals surface area contributed by atoms with Gasteiger partial charge in [0.1, 0.15) is 12.2 Å². The van der Waals surface area contributed by atoms with Gasteiger partial charge in [0.05, 0.1) is 5.41 Å². The van der Waals surface area contributed by atoms with Crippen molar-refractivity contribution in [2.45, 2.75) is 18.3 Å². The third-order valence-electron chi connectivity index (χ3n) is 1.89. The summed E-state index contributed by atoms with van der Waals surface area (Å²) in [6.07, 6.45) is 8.90. The lowest BCUT2D eigenvalue weighted by molar-refractivity contribution is 0.817. The fourth-order valence-corrected chi connectivity index (χ4v) is 1.01. The van der Waals surface area contributed by atoms with Crippen molar-refractivity contribution in [2.75, 3.05) is 0 Å². The van der Waals surface area contributed by atoms with Gasteiger partial charge in [-0.25, -0.2) is 4.98 Å². The first-order valence-electron chi connectivity index (χ1n) is 3.21. The molecule has 50 valence electrons. The molecule has 1 aliphatic carbocycles. The number of nitrogens with one attached hydrogen (secondary N) is 1. The minimum atomic E-state index is -0.0868. The summed E-state index contributed by atoms with van der Waals surface area (Å²) < 4.78 is 0. The van der Waals surface area contributed by atoms with Gasteiger partial charge in [0, 0.05) is 0 Å². The van der Waals surface area contributed by atoms with Crippen LogP contribution >= 0.6 is 0 Å². The van der Waals surface area contributed by atoms with Crippen LogP contribution in [0.2, 0.25) is 0 Å². The normalized spacial score (nSPS) is 19.9. The fourth-order valence-electron chi connectivity index (χ4n) is 1.01. The summed E-state index contributed by atoms with van der Waals surface area (Å²) in [6, 6.07) is 0. The molecular formula is C7H7N3. The maximum atomic E-state index is 5.32. The Morgan fingerprint density at radius 2 is 2.50 bits per heavy atom. The van der Waals surface area contributed by atoms with Gasteiger partial charge in [-0.05, 0) is 12.8 Å². The summed E-state index contributed by atoms with van der Waals surface area (Å²) in [5.41, 5.74) is -0.0868. The van der Waals surface area contributed by atoms with Crippen molar-refractivity contribution in [3.63, 3.8) is 0 Å². The van der Waals surface area contributed by atoms with Crippen LogP contribution in [0.5, 0.6) is 0 Å². The molecule has 0 atom stereocenters. The summed E-state index contributed by atoms with van der Waals surface area (Å²) in [5, 5.41) is 6.53. The molecule has 3 heteroatoms. The van der Waals surface area contributed by atoms with E-state index in [4.69, 9.17) is 6.42 Å². The Bertz CT molecular complexity index is 264. The van der Waals surface area contributed by atoms with Gasteiger partial charge in [-0.2, -0.15) is 5.10 Å². The molecule has 1 aromatic heterocycles. The Morgan fingerprint density at radius 3 is 2.90 bits per heavy atom. The van der Waals surface area contributed by atoms with Crippen molar-refractivity contribution < 1.29 is 0 Å². The predicted molar refractivity (Wildman–Crippen MR) is 36.1 cm³/mol. The van der Waals surface area contributed by atoms with E-state index in [2.05, 4.69) is 21.1 Å². The smallest absolute Gasteiger partial charge is 0.142 e. The lowest BCUT2D eigenvalue weighted by atomic mass is 10.1. The van der Waals surface area contributed by atoms with Gasteiger partial charge in [-0.1, -0.05) is 5.92 Å². The summed E-state index contributed by atoms with van der Waals surface area (Å²) in [7, 11) is 0. The molecule has 10 heavy (non-hydrogen) atoms. The van der Waals surface area contributed by atoms with Gasteiger partial charge >= 0.3 is 0 Å². The SMILES string of the molecule is C#CC1(c2ncn[nH]2)CC1. The van der Waals surface area contributed by atoms with E-state index in [9.17, 15) is 0 Å². The van der Waals surface area contributed by atoms with E-state index < -0.39 is 0 Å². The Kier molecular flexibility index (Phi) is 0.877. The van der Waals surface area contributed by atoms with Crippen LogP contribution in [0.4, 0.5) is 0 Å². The van der Waals surface area contributed by atoms with Crippen LogP contribution in [0.1, 0.15) is 18.7 Å². The van der Waals surface area contributed by atoms with Crippen LogP contribution in [0.3, 0.4) is 0 Å². The summed E-state index contributed by atoms with van der Waals surface area (Å²) >= 11 is 0. The highest BCUT2D eigenvalue weighted by molar-refractivity contribution is 5.31. The zero-order valence-electron chi connectivity index (χ0n) is 5.46. The molecule has 1 aliphatic rings. The lowest BCUT2D eigenvalue weighted by Crippen LogP contribution is -2.04. The molecule has 0 bridgehead atoms. The van der Waals surface area contributed by atoms with E-state index >= 15 is 0 Å². The van der Waals surface area contributed by atoms with Crippen LogP contribution in [-0.4, -0.2) is 15.2 Å². The van der Waals surface area contributed by atoms with E-state index in [0.717, 1.165) is 18.7 Å². The van der Waals surface area contributed by atoms with Gasteiger partial charge in [-0.15, -0.1) is 6.42 Å². The minimum Gasteiger partial charge on any atom is -0.262 e. The van der Waals surface area contributed by atoms with Gasteiger partial charge in [0.25, 0.3) is 0 Å². The molecule has 1 saturated carbocycles. The van der Waals surface area contributed by atoms with Crippen molar-refractivity contribution in [3.8, 4) is 12.3 Å². The largest absolute Gasteiger partial charge is 0.262 e. The summed E-state index contributed by atoms with van der Waals surface area (Å²) in [4.78, 5) is 4.01.